The van der Waals surface area contributed by atoms with Crippen molar-refractivity contribution < 1.29 is 14.3 Å². The molecule has 2 amide bonds. The second kappa shape index (κ2) is 8.34. The van der Waals surface area contributed by atoms with Gasteiger partial charge >= 0.3 is 0 Å². The van der Waals surface area contributed by atoms with Crippen LogP contribution in [0.2, 0.25) is 0 Å². The summed E-state index contributed by atoms with van der Waals surface area (Å²) in [5, 5.41) is 4.09. The number of carbonyl (C=O) groups excluding carboxylic acids is 2. The largest absolute Gasteiger partial charge is 0.483 e. The number of primary amides is 1. The molecule has 0 aliphatic carbocycles. The van der Waals surface area contributed by atoms with E-state index in [0.29, 0.717) is 5.75 Å². The van der Waals surface area contributed by atoms with Crippen LogP contribution >= 0.6 is 0 Å². The third-order valence-corrected chi connectivity index (χ3v) is 4.54. The summed E-state index contributed by atoms with van der Waals surface area (Å²) in [6, 6.07) is 14.1. The number of aromatic nitrogens is 3. The van der Waals surface area contributed by atoms with Gasteiger partial charge < -0.3 is 15.4 Å². The van der Waals surface area contributed by atoms with Gasteiger partial charge in [-0.05, 0) is 36.8 Å². The first kappa shape index (κ1) is 19.1. The monoisotopic (exact) mass is 379 g/mol. The third kappa shape index (κ3) is 4.17. The molecule has 0 saturated heterocycles. The number of nitrogens with zero attached hydrogens (tertiary/aromatic N) is 4. The van der Waals surface area contributed by atoms with Crippen LogP contribution in [0.1, 0.15) is 28.9 Å². The lowest BCUT2D eigenvalue weighted by Gasteiger charge is -2.25. The zero-order chi connectivity index (χ0) is 20.1. The van der Waals surface area contributed by atoms with E-state index in [4.69, 9.17) is 10.5 Å². The van der Waals surface area contributed by atoms with Crippen LogP contribution in [0.25, 0.3) is 5.69 Å². The van der Waals surface area contributed by atoms with E-state index in [0.717, 1.165) is 11.3 Å². The van der Waals surface area contributed by atoms with Crippen LogP contribution in [0.3, 0.4) is 0 Å². The molecule has 0 unspecified atom stereocenters. The van der Waals surface area contributed by atoms with Crippen molar-refractivity contribution in [3.63, 3.8) is 0 Å². The average molecular weight is 379 g/mol. The van der Waals surface area contributed by atoms with Gasteiger partial charge in [-0.25, -0.2) is 9.67 Å². The number of carbonyl (C=O) groups is 2. The molecule has 0 spiro atoms. The van der Waals surface area contributed by atoms with Gasteiger partial charge in [0, 0.05) is 7.05 Å². The minimum Gasteiger partial charge on any atom is -0.483 e. The number of likely N-dealkylation sites (N-methyl/N-ethyl adjacent to an activating group) is 1. The van der Waals surface area contributed by atoms with Crippen molar-refractivity contribution in [2.45, 2.75) is 13.0 Å². The maximum absolute atomic E-state index is 12.5. The molecule has 28 heavy (non-hydrogen) atoms. The molecule has 2 aromatic carbocycles. The van der Waals surface area contributed by atoms with E-state index in [1.54, 1.807) is 47.2 Å². The van der Waals surface area contributed by atoms with E-state index in [1.165, 1.54) is 6.33 Å². The highest BCUT2D eigenvalue weighted by molar-refractivity contribution is 5.95. The molecular weight excluding hydrogens is 358 g/mol. The summed E-state index contributed by atoms with van der Waals surface area (Å²) in [5.41, 5.74) is 7.43. The van der Waals surface area contributed by atoms with Crippen LogP contribution in [-0.2, 0) is 4.79 Å². The Morgan fingerprint density at radius 1 is 1.18 bits per heavy atom. The van der Waals surface area contributed by atoms with Gasteiger partial charge in [-0.1, -0.05) is 24.3 Å². The first-order valence-corrected chi connectivity index (χ1v) is 8.69. The summed E-state index contributed by atoms with van der Waals surface area (Å²) >= 11 is 0. The second-order valence-corrected chi connectivity index (χ2v) is 6.26. The molecule has 0 radical (unpaired) electrons. The smallest absolute Gasteiger partial charge is 0.260 e. The van der Waals surface area contributed by atoms with E-state index in [2.05, 4.69) is 10.1 Å². The molecule has 8 heteroatoms. The van der Waals surface area contributed by atoms with E-state index in [-0.39, 0.29) is 24.1 Å². The Labute approximate surface area is 162 Å². The number of hydrogen-bond acceptors (Lipinski definition) is 5. The molecule has 1 aromatic heterocycles. The van der Waals surface area contributed by atoms with Crippen LogP contribution in [0.4, 0.5) is 0 Å². The summed E-state index contributed by atoms with van der Waals surface area (Å²) in [5.74, 6) is -0.522. The van der Waals surface area contributed by atoms with Crippen molar-refractivity contribution in [1.29, 1.82) is 0 Å². The molecule has 8 nitrogen and oxygen atoms in total. The van der Waals surface area contributed by atoms with E-state index in [1.807, 2.05) is 31.2 Å². The minimum atomic E-state index is -0.600. The number of benzene rings is 2. The number of hydrogen-bond donors (Lipinski definition) is 1. The second-order valence-electron chi connectivity index (χ2n) is 6.26. The molecular formula is C20H21N5O3. The highest BCUT2D eigenvalue weighted by Gasteiger charge is 2.19. The lowest BCUT2D eigenvalue weighted by atomic mass is 10.1. The Balaban J connectivity index is 1.64. The fraction of sp³-hybridized carbons (Fsp3) is 0.200. The van der Waals surface area contributed by atoms with Crippen molar-refractivity contribution in [3.05, 3.63) is 72.3 Å². The van der Waals surface area contributed by atoms with Gasteiger partial charge in [-0.15, -0.1) is 0 Å². The van der Waals surface area contributed by atoms with Gasteiger partial charge in [0.25, 0.3) is 11.8 Å². The van der Waals surface area contributed by atoms with Gasteiger partial charge in [-0.2, -0.15) is 5.10 Å². The molecule has 2 N–H and O–H groups in total. The average Bonchev–Trinajstić information content (AvgIpc) is 3.26. The Kier molecular flexibility index (Phi) is 5.69. The summed E-state index contributed by atoms with van der Waals surface area (Å²) in [4.78, 5) is 29.5. The van der Waals surface area contributed by atoms with Crippen LogP contribution in [-0.4, -0.2) is 45.1 Å². The lowest BCUT2D eigenvalue weighted by molar-refractivity contribution is -0.134. The van der Waals surface area contributed by atoms with Crippen molar-refractivity contribution in [1.82, 2.24) is 19.7 Å². The Morgan fingerprint density at radius 2 is 1.89 bits per heavy atom. The van der Waals surface area contributed by atoms with Crippen molar-refractivity contribution in [3.8, 4) is 11.4 Å². The number of para-hydroxylation sites is 1. The highest BCUT2D eigenvalue weighted by Crippen LogP contribution is 2.21. The zero-order valence-electron chi connectivity index (χ0n) is 15.6. The maximum atomic E-state index is 12.5. The predicted octanol–water partition coefficient (Wildman–Crippen LogP) is 1.96. The molecule has 0 aliphatic rings. The molecule has 0 fully saturated rings. The predicted molar refractivity (Wildman–Crippen MR) is 103 cm³/mol. The van der Waals surface area contributed by atoms with Gasteiger partial charge in [0.15, 0.2) is 6.61 Å². The van der Waals surface area contributed by atoms with Crippen molar-refractivity contribution >= 4 is 11.8 Å². The van der Waals surface area contributed by atoms with E-state index in [9.17, 15) is 9.59 Å². The van der Waals surface area contributed by atoms with E-state index < -0.39 is 5.91 Å². The van der Waals surface area contributed by atoms with Crippen LogP contribution < -0.4 is 10.5 Å². The van der Waals surface area contributed by atoms with Gasteiger partial charge in [-0.3, -0.25) is 9.59 Å². The van der Waals surface area contributed by atoms with Crippen LogP contribution in [0.5, 0.6) is 5.75 Å². The van der Waals surface area contributed by atoms with Gasteiger partial charge in [0.05, 0.1) is 17.3 Å². The number of nitrogens with two attached hydrogens (primary N) is 1. The van der Waals surface area contributed by atoms with Crippen molar-refractivity contribution in [2.24, 2.45) is 5.73 Å². The number of ether oxygens (including phenoxy) is 1. The third-order valence-electron chi connectivity index (χ3n) is 4.54. The molecule has 1 heterocycles. The highest BCUT2D eigenvalue weighted by atomic mass is 16.5. The number of amides is 2. The normalized spacial score (nSPS) is 11.6. The fourth-order valence-electron chi connectivity index (χ4n) is 2.72. The summed E-state index contributed by atoms with van der Waals surface area (Å²) in [7, 11) is 1.71. The quantitative estimate of drug-likeness (QED) is 0.676. The first-order valence-electron chi connectivity index (χ1n) is 8.69. The van der Waals surface area contributed by atoms with Gasteiger partial charge in [0.2, 0.25) is 0 Å². The van der Waals surface area contributed by atoms with Gasteiger partial charge in [0.1, 0.15) is 18.4 Å². The maximum Gasteiger partial charge on any atom is 0.260 e. The Bertz CT molecular complexity index is 954. The SMILES string of the molecule is C[C@@H](c1ccc(-n2cncn2)cc1)N(C)C(=O)COc1ccccc1C(N)=O. The standard InChI is InChI=1S/C20H21N5O3/c1-14(15-7-9-16(10-8-15)25-13-22-12-23-25)24(2)19(26)11-28-18-6-4-3-5-17(18)20(21)27/h3-10,12-14H,11H2,1-2H3,(H2,21,27)/t14-/m0/s1. The topological polar surface area (TPSA) is 103 Å². The van der Waals surface area contributed by atoms with Crippen LogP contribution in [0.15, 0.2) is 61.2 Å². The first-order chi connectivity index (χ1) is 13.5. The van der Waals surface area contributed by atoms with E-state index >= 15 is 0 Å². The molecule has 3 aromatic rings. The van der Waals surface area contributed by atoms with Crippen LogP contribution in [0, 0.1) is 0 Å². The summed E-state index contributed by atoms with van der Waals surface area (Å²) in [6.45, 7) is 1.74. The molecule has 3 rings (SSSR count). The Hall–Kier alpha value is -3.68. The number of rotatable bonds is 7. The fourth-order valence-corrected chi connectivity index (χ4v) is 2.72. The molecule has 1 atom stereocenters. The Morgan fingerprint density at radius 3 is 2.54 bits per heavy atom. The molecule has 144 valence electrons. The molecule has 0 saturated carbocycles. The summed E-state index contributed by atoms with van der Waals surface area (Å²) < 4.78 is 7.18. The molecule has 0 bridgehead atoms. The molecule has 0 aliphatic heterocycles. The van der Waals surface area contributed by atoms with Crippen molar-refractivity contribution in [2.75, 3.05) is 13.7 Å². The minimum absolute atomic E-state index is 0.160. The summed E-state index contributed by atoms with van der Waals surface area (Å²) in [6.07, 6.45) is 3.09. The lowest BCUT2D eigenvalue weighted by Crippen LogP contribution is -2.33. The zero-order valence-corrected chi connectivity index (χ0v) is 15.6.